The number of carbonyl (C=O) groups is 1. The largest absolute Gasteiger partial charge is 0.385 e. The lowest BCUT2D eigenvalue weighted by Gasteiger charge is -2.51. The monoisotopic (exact) mass is 382 g/mol. The number of hydrogen-bond donors (Lipinski definition) is 2. The van der Waals surface area contributed by atoms with Gasteiger partial charge < -0.3 is 10.2 Å². The SMILES string of the molecule is CSC(=O)[C@@H](O)CC1=CC(C(C)(C)C)=C(C(C)(C)C)C(O)(C(C)(C)C)C1. The van der Waals surface area contributed by atoms with Crippen molar-refractivity contribution in [2.75, 3.05) is 6.26 Å². The van der Waals surface area contributed by atoms with Crippen molar-refractivity contribution in [2.45, 2.75) is 86.9 Å². The van der Waals surface area contributed by atoms with Crippen LogP contribution < -0.4 is 0 Å². The Morgan fingerprint density at radius 2 is 1.62 bits per heavy atom. The number of aliphatic hydroxyl groups is 2. The highest BCUT2D eigenvalue weighted by atomic mass is 32.2. The molecule has 150 valence electrons. The summed E-state index contributed by atoms with van der Waals surface area (Å²) < 4.78 is 0. The Hall–Kier alpha value is -0.580. The Bertz CT molecular complexity index is 609. The zero-order valence-corrected chi connectivity index (χ0v) is 19.1. The highest BCUT2D eigenvalue weighted by Crippen LogP contribution is 2.54. The van der Waals surface area contributed by atoms with Crippen molar-refractivity contribution in [3.05, 3.63) is 22.8 Å². The normalized spacial score (nSPS) is 23.8. The average molecular weight is 383 g/mol. The highest BCUT2D eigenvalue weighted by Gasteiger charge is 2.51. The van der Waals surface area contributed by atoms with E-state index in [1.165, 1.54) is 0 Å². The summed E-state index contributed by atoms with van der Waals surface area (Å²) >= 11 is 1.05. The second-order valence-electron chi connectivity index (χ2n) is 10.6. The van der Waals surface area contributed by atoms with Gasteiger partial charge in [-0.25, -0.2) is 0 Å². The molecule has 1 aliphatic rings. The van der Waals surface area contributed by atoms with E-state index >= 15 is 0 Å². The summed E-state index contributed by atoms with van der Waals surface area (Å²) in [5.74, 6) is 0. The smallest absolute Gasteiger partial charge is 0.217 e. The van der Waals surface area contributed by atoms with Crippen LogP contribution in [0.2, 0.25) is 0 Å². The van der Waals surface area contributed by atoms with Crippen molar-refractivity contribution in [3.63, 3.8) is 0 Å². The molecule has 0 heterocycles. The van der Waals surface area contributed by atoms with E-state index in [1.807, 2.05) is 0 Å². The molecule has 1 unspecified atom stereocenters. The van der Waals surface area contributed by atoms with Crippen molar-refractivity contribution in [2.24, 2.45) is 16.2 Å². The predicted molar refractivity (Wildman–Crippen MR) is 112 cm³/mol. The molecule has 0 fully saturated rings. The van der Waals surface area contributed by atoms with E-state index in [4.69, 9.17) is 0 Å². The van der Waals surface area contributed by atoms with Crippen molar-refractivity contribution in [1.82, 2.24) is 0 Å². The topological polar surface area (TPSA) is 57.5 Å². The second-order valence-corrected chi connectivity index (χ2v) is 11.4. The summed E-state index contributed by atoms with van der Waals surface area (Å²) in [5, 5.41) is 22.0. The third-order valence-electron chi connectivity index (χ3n) is 5.24. The van der Waals surface area contributed by atoms with Gasteiger partial charge in [-0.2, -0.15) is 0 Å². The summed E-state index contributed by atoms with van der Waals surface area (Å²) in [6.45, 7) is 19.1. The molecule has 0 aromatic carbocycles. The third kappa shape index (κ3) is 4.82. The van der Waals surface area contributed by atoms with E-state index in [-0.39, 0.29) is 27.8 Å². The van der Waals surface area contributed by atoms with E-state index < -0.39 is 11.7 Å². The van der Waals surface area contributed by atoms with Crippen LogP contribution in [0.15, 0.2) is 22.8 Å². The summed E-state index contributed by atoms with van der Waals surface area (Å²) in [5.41, 5.74) is 1.38. The Labute approximate surface area is 164 Å². The number of aliphatic hydroxyl groups excluding tert-OH is 1. The van der Waals surface area contributed by atoms with Crippen LogP contribution in [0.3, 0.4) is 0 Å². The number of rotatable bonds is 3. The summed E-state index contributed by atoms with van der Waals surface area (Å²) in [6, 6.07) is 0. The molecule has 0 aromatic heterocycles. The molecule has 0 spiro atoms. The summed E-state index contributed by atoms with van der Waals surface area (Å²) in [4.78, 5) is 11.9. The number of hydrogen-bond acceptors (Lipinski definition) is 4. The first kappa shape index (κ1) is 23.5. The van der Waals surface area contributed by atoms with Crippen molar-refractivity contribution >= 4 is 16.9 Å². The molecule has 0 aromatic rings. The van der Waals surface area contributed by atoms with Crippen LogP contribution in [0.4, 0.5) is 0 Å². The lowest BCUT2D eigenvalue weighted by Crippen LogP contribution is -2.51. The Morgan fingerprint density at radius 1 is 1.12 bits per heavy atom. The van der Waals surface area contributed by atoms with Gasteiger partial charge in [-0.1, -0.05) is 85.7 Å². The zero-order valence-electron chi connectivity index (χ0n) is 18.3. The van der Waals surface area contributed by atoms with Crippen LogP contribution in [0.1, 0.15) is 75.2 Å². The van der Waals surface area contributed by atoms with Gasteiger partial charge in [-0.15, -0.1) is 0 Å². The maximum atomic E-state index is 11.9. The first-order chi connectivity index (χ1) is 11.4. The number of thioether (sulfide) groups is 1. The molecule has 1 aliphatic carbocycles. The van der Waals surface area contributed by atoms with Crippen molar-refractivity contribution in [3.8, 4) is 0 Å². The minimum Gasteiger partial charge on any atom is -0.385 e. The molecular weight excluding hydrogens is 344 g/mol. The van der Waals surface area contributed by atoms with Crippen LogP contribution in [0, 0.1) is 16.2 Å². The van der Waals surface area contributed by atoms with Gasteiger partial charge in [0.2, 0.25) is 5.12 Å². The second kappa shape index (κ2) is 7.44. The van der Waals surface area contributed by atoms with E-state index in [2.05, 4.69) is 68.4 Å². The molecule has 4 heteroatoms. The first-order valence-electron chi connectivity index (χ1n) is 9.38. The molecule has 2 N–H and O–H groups in total. The van der Waals surface area contributed by atoms with Crippen LogP contribution >= 0.6 is 11.8 Å². The molecule has 1 rings (SSSR count). The summed E-state index contributed by atoms with van der Waals surface area (Å²) in [7, 11) is 0. The Morgan fingerprint density at radius 3 is 1.96 bits per heavy atom. The Balaban J connectivity index is 3.65. The van der Waals surface area contributed by atoms with E-state index in [0.717, 1.165) is 28.5 Å². The highest BCUT2D eigenvalue weighted by molar-refractivity contribution is 8.13. The molecule has 26 heavy (non-hydrogen) atoms. The van der Waals surface area contributed by atoms with Gasteiger partial charge in [0, 0.05) is 12.8 Å². The van der Waals surface area contributed by atoms with Crippen LogP contribution in [0.5, 0.6) is 0 Å². The molecule has 2 atom stereocenters. The lowest BCUT2D eigenvalue weighted by atomic mass is 9.57. The minimum atomic E-state index is -1.03. The standard InChI is InChI=1S/C22H38O3S/c1-19(2,3)15-11-14(12-16(23)18(24)26-10)13-22(25,21(7,8)9)17(15)20(4,5)6/h11,16,23,25H,12-13H2,1-10H3/t16-,22?/m0/s1. The average Bonchev–Trinajstić information content (AvgIpc) is 2.42. The van der Waals surface area contributed by atoms with Crippen molar-refractivity contribution in [1.29, 1.82) is 0 Å². The van der Waals surface area contributed by atoms with Crippen LogP contribution in [-0.4, -0.2) is 33.3 Å². The maximum Gasteiger partial charge on any atom is 0.217 e. The van der Waals surface area contributed by atoms with Gasteiger partial charge in [0.15, 0.2) is 0 Å². The molecule has 0 saturated heterocycles. The molecular formula is C22H38O3S. The molecule has 3 nitrogen and oxygen atoms in total. The lowest BCUT2D eigenvalue weighted by molar-refractivity contribution is -0.118. The van der Waals surface area contributed by atoms with Gasteiger partial charge >= 0.3 is 0 Å². The van der Waals surface area contributed by atoms with E-state index in [9.17, 15) is 15.0 Å². The Kier molecular flexibility index (Phi) is 6.72. The fourth-order valence-electron chi connectivity index (χ4n) is 3.82. The number of allylic oxidation sites excluding steroid dienone is 2. The van der Waals surface area contributed by atoms with Crippen LogP contribution in [-0.2, 0) is 4.79 Å². The molecule has 0 radical (unpaired) electrons. The first-order valence-corrected chi connectivity index (χ1v) is 10.6. The summed E-state index contributed by atoms with van der Waals surface area (Å²) in [6.07, 6.45) is 3.50. The molecule has 0 saturated carbocycles. The van der Waals surface area contributed by atoms with Gasteiger partial charge in [0.05, 0.1) is 5.60 Å². The van der Waals surface area contributed by atoms with Gasteiger partial charge in [0.25, 0.3) is 0 Å². The minimum absolute atomic E-state index is 0.151. The van der Waals surface area contributed by atoms with Gasteiger partial charge in [-0.05, 0) is 33.6 Å². The van der Waals surface area contributed by atoms with Crippen LogP contribution in [0.25, 0.3) is 0 Å². The van der Waals surface area contributed by atoms with E-state index in [0.29, 0.717) is 6.42 Å². The number of carbonyl (C=O) groups excluding carboxylic acids is 1. The molecule has 0 aliphatic heterocycles. The zero-order chi connectivity index (χ0) is 20.7. The van der Waals surface area contributed by atoms with Gasteiger partial charge in [-0.3, -0.25) is 4.79 Å². The van der Waals surface area contributed by atoms with E-state index in [1.54, 1.807) is 6.26 Å². The molecule has 0 amide bonds. The fourth-order valence-corrected chi connectivity index (χ4v) is 4.18. The quantitative estimate of drug-likeness (QED) is 0.711. The fraction of sp³-hybridized carbons (Fsp3) is 0.773. The van der Waals surface area contributed by atoms with Gasteiger partial charge in [0.1, 0.15) is 6.10 Å². The maximum absolute atomic E-state index is 11.9. The van der Waals surface area contributed by atoms with Crippen molar-refractivity contribution < 1.29 is 15.0 Å². The molecule has 0 bridgehead atoms. The third-order valence-corrected chi connectivity index (χ3v) is 5.92. The predicted octanol–water partition coefficient (Wildman–Crippen LogP) is 5.12.